The molecule has 3 heterocycles. The Balaban J connectivity index is 1.56. The minimum Gasteiger partial charge on any atom is -0.497 e. The first-order valence-corrected chi connectivity index (χ1v) is 12.1. The van der Waals surface area contributed by atoms with Gasteiger partial charge < -0.3 is 9.64 Å². The van der Waals surface area contributed by atoms with Gasteiger partial charge in [0.05, 0.1) is 19.2 Å². The molecule has 0 saturated heterocycles. The third-order valence-electron chi connectivity index (χ3n) is 6.19. The van der Waals surface area contributed by atoms with Crippen LogP contribution in [0.4, 0.5) is 5.69 Å². The highest BCUT2D eigenvalue weighted by molar-refractivity contribution is 7.17. The molecule has 0 aliphatic carbocycles. The molecule has 0 unspecified atom stereocenters. The molecule has 0 spiro atoms. The fraction of sp³-hybridized carbons (Fsp3) is 0.269. The van der Waals surface area contributed by atoms with Crippen LogP contribution in [0.5, 0.6) is 5.75 Å². The molecule has 0 atom stereocenters. The molecule has 0 fully saturated rings. The van der Waals surface area contributed by atoms with Gasteiger partial charge in [-0.2, -0.15) is 0 Å². The molecule has 0 radical (unpaired) electrons. The number of hydrogen-bond acceptors (Lipinski definition) is 6. The average Bonchev–Trinajstić information content (AvgIpc) is 3.50. The van der Waals surface area contributed by atoms with Gasteiger partial charge in [-0.05, 0) is 52.8 Å². The van der Waals surface area contributed by atoms with Crippen LogP contribution in [0.3, 0.4) is 0 Å². The number of nitrogens with zero attached hydrogens (tertiary/aromatic N) is 5. The van der Waals surface area contributed by atoms with Gasteiger partial charge in [0.25, 0.3) is 5.56 Å². The smallest absolute Gasteiger partial charge is 0.272 e. The molecule has 7 nitrogen and oxygen atoms in total. The van der Waals surface area contributed by atoms with Gasteiger partial charge in [0.1, 0.15) is 10.4 Å². The van der Waals surface area contributed by atoms with Gasteiger partial charge in [0, 0.05) is 19.3 Å². The minimum absolute atomic E-state index is 0.0475. The fourth-order valence-corrected chi connectivity index (χ4v) is 5.04. The molecule has 0 bridgehead atoms. The molecule has 0 N–H and O–H groups in total. The third kappa shape index (κ3) is 3.94. The van der Waals surface area contributed by atoms with Crippen molar-refractivity contribution in [2.24, 2.45) is 7.05 Å². The lowest BCUT2D eigenvalue weighted by molar-refractivity contribution is 0.415. The summed E-state index contributed by atoms with van der Waals surface area (Å²) < 4.78 is 9.62. The second kappa shape index (κ2) is 8.95. The zero-order valence-corrected chi connectivity index (χ0v) is 20.5. The number of methoxy groups -OCH3 is 1. The van der Waals surface area contributed by atoms with Crippen LogP contribution in [-0.2, 0) is 20.1 Å². The molecular formula is C26H27N5O2S. The molecule has 174 valence electrons. The van der Waals surface area contributed by atoms with Crippen LogP contribution in [0.25, 0.3) is 16.0 Å². The zero-order chi connectivity index (χ0) is 23.8. The summed E-state index contributed by atoms with van der Waals surface area (Å²) in [6, 6.07) is 18.8. The molecule has 3 aromatic heterocycles. The van der Waals surface area contributed by atoms with Crippen LogP contribution in [0.15, 0.2) is 64.8 Å². The third-order valence-corrected chi connectivity index (χ3v) is 7.08. The molecule has 5 aromatic rings. The lowest BCUT2D eigenvalue weighted by Gasteiger charge is -2.25. The van der Waals surface area contributed by atoms with Crippen LogP contribution in [-0.4, -0.2) is 26.3 Å². The van der Waals surface area contributed by atoms with Gasteiger partial charge in [-0.15, -0.1) is 21.5 Å². The molecule has 0 aliphatic rings. The number of anilines is 1. The van der Waals surface area contributed by atoms with E-state index in [0.717, 1.165) is 22.8 Å². The van der Waals surface area contributed by atoms with E-state index in [1.165, 1.54) is 22.5 Å². The van der Waals surface area contributed by atoms with Crippen molar-refractivity contribution in [1.82, 2.24) is 19.2 Å². The lowest BCUT2D eigenvalue weighted by Crippen LogP contribution is -2.24. The van der Waals surface area contributed by atoms with Gasteiger partial charge >= 0.3 is 0 Å². The van der Waals surface area contributed by atoms with Crippen LogP contribution in [0.1, 0.15) is 36.7 Å². The Morgan fingerprint density at radius 2 is 1.74 bits per heavy atom. The monoisotopic (exact) mass is 473 g/mol. The van der Waals surface area contributed by atoms with E-state index in [1.807, 2.05) is 28.0 Å². The number of benzene rings is 2. The van der Waals surface area contributed by atoms with Crippen molar-refractivity contribution in [3.63, 3.8) is 0 Å². The topological polar surface area (TPSA) is 64.7 Å². The van der Waals surface area contributed by atoms with E-state index in [1.54, 1.807) is 18.7 Å². The van der Waals surface area contributed by atoms with E-state index >= 15 is 0 Å². The molecule has 34 heavy (non-hydrogen) atoms. The summed E-state index contributed by atoms with van der Waals surface area (Å²) in [6.07, 6.45) is 0. The highest BCUT2D eigenvalue weighted by atomic mass is 32.1. The largest absolute Gasteiger partial charge is 0.497 e. The molecular weight excluding hydrogens is 446 g/mol. The maximum Gasteiger partial charge on any atom is 0.272 e. The van der Waals surface area contributed by atoms with Gasteiger partial charge in [-0.1, -0.05) is 38.1 Å². The van der Waals surface area contributed by atoms with Crippen molar-refractivity contribution in [3.05, 3.63) is 87.3 Å². The molecule has 0 saturated carbocycles. The van der Waals surface area contributed by atoms with E-state index in [0.29, 0.717) is 29.5 Å². The molecule has 0 amide bonds. The number of fused-ring (bicyclic) bond motifs is 3. The Hall–Kier alpha value is -3.65. The Kier molecular flexibility index (Phi) is 5.83. The van der Waals surface area contributed by atoms with Crippen LogP contribution in [0.2, 0.25) is 0 Å². The number of rotatable bonds is 7. The van der Waals surface area contributed by atoms with Crippen LogP contribution in [0, 0.1) is 0 Å². The van der Waals surface area contributed by atoms with Crippen LogP contribution >= 0.6 is 11.3 Å². The van der Waals surface area contributed by atoms with Gasteiger partial charge in [0.2, 0.25) is 5.78 Å². The summed E-state index contributed by atoms with van der Waals surface area (Å²) in [5, 5.41) is 10.8. The van der Waals surface area contributed by atoms with E-state index in [9.17, 15) is 4.79 Å². The summed E-state index contributed by atoms with van der Waals surface area (Å²) in [4.78, 5) is 15.0. The molecule has 2 aromatic carbocycles. The second-order valence-electron chi connectivity index (χ2n) is 8.70. The van der Waals surface area contributed by atoms with Crippen LogP contribution < -0.4 is 15.2 Å². The Morgan fingerprint density at radius 3 is 2.41 bits per heavy atom. The average molecular weight is 474 g/mol. The molecule has 8 heteroatoms. The zero-order valence-electron chi connectivity index (χ0n) is 19.7. The van der Waals surface area contributed by atoms with Crippen molar-refractivity contribution in [1.29, 1.82) is 0 Å². The minimum atomic E-state index is -0.0475. The number of aromatic nitrogens is 4. The van der Waals surface area contributed by atoms with E-state index < -0.39 is 0 Å². The molecule has 5 rings (SSSR count). The number of thiophene rings is 1. The van der Waals surface area contributed by atoms with E-state index in [4.69, 9.17) is 4.74 Å². The highest BCUT2D eigenvalue weighted by Gasteiger charge is 2.18. The predicted octanol–water partition coefficient (Wildman–Crippen LogP) is 4.98. The quantitative estimate of drug-likeness (QED) is 0.334. The Morgan fingerprint density at radius 1 is 1.00 bits per heavy atom. The van der Waals surface area contributed by atoms with Gasteiger partial charge in [-0.25, -0.2) is 0 Å². The summed E-state index contributed by atoms with van der Waals surface area (Å²) in [5.41, 5.74) is 4.38. The lowest BCUT2D eigenvalue weighted by atomic mass is 10.0. The van der Waals surface area contributed by atoms with Crippen molar-refractivity contribution >= 4 is 33.0 Å². The van der Waals surface area contributed by atoms with E-state index in [-0.39, 0.29) is 5.56 Å². The number of aryl methyl sites for hydroxylation is 1. The first kappa shape index (κ1) is 22.2. The Bertz CT molecular complexity index is 1500. The van der Waals surface area contributed by atoms with Crippen molar-refractivity contribution in [3.8, 4) is 5.75 Å². The first-order valence-electron chi connectivity index (χ1n) is 11.2. The SMILES string of the molecule is COc1ccc(N(Cc2ccc(C(C)C)cc2)Cc2nnc3n(C)c(=O)c4sccc4n23)cc1. The normalized spacial score (nSPS) is 11.6. The van der Waals surface area contributed by atoms with Gasteiger partial charge in [-0.3, -0.25) is 13.8 Å². The summed E-state index contributed by atoms with van der Waals surface area (Å²) >= 11 is 1.44. The van der Waals surface area contributed by atoms with Crippen molar-refractivity contribution in [2.45, 2.75) is 32.9 Å². The number of ether oxygens (including phenoxy) is 1. The number of hydrogen-bond donors (Lipinski definition) is 0. The van der Waals surface area contributed by atoms with Crippen molar-refractivity contribution < 1.29 is 4.74 Å². The summed E-state index contributed by atoms with van der Waals surface area (Å²) in [6.45, 7) is 5.64. The Labute approximate surface area is 201 Å². The maximum atomic E-state index is 12.7. The highest BCUT2D eigenvalue weighted by Crippen LogP contribution is 2.25. The maximum absolute atomic E-state index is 12.7. The van der Waals surface area contributed by atoms with Crippen molar-refractivity contribution in [2.75, 3.05) is 12.0 Å². The predicted molar refractivity (Wildman–Crippen MR) is 137 cm³/mol. The van der Waals surface area contributed by atoms with Gasteiger partial charge in [0.15, 0.2) is 5.82 Å². The first-order chi connectivity index (χ1) is 16.5. The fourth-order valence-electron chi connectivity index (χ4n) is 4.19. The summed E-state index contributed by atoms with van der Waals surface area (Å²) in [5.74, 6) is 2.63. The van der Waals surface area contributed by atoms with E-state index in [2.05, 4.69) is 65.3 Å². The molecule has 0 aliphatic heterocycles. The summed E-state index contributed by atoms with van der Waals surface area (Å²) in [7, 11) is 3.41. The second-order valence-corrected chi connectivity index (χ2v) is 9.62. The standard InChI is InChI=1S/C26H27N5O2S/c1-17(2)19-7-5-18(6-8-19)15-30(20-9-11-21(33-4)12-10-20)16-23-27-28-26-29(3)25(32)24-22(31(23)26)13-14-34-24/h5-14,17H,15-16H2,1-4H3.